The Labute approximate surface area is 155 Å². The highest BCUT2D eigenvalue weighted by Gasteiger charge is 2.21. The maximum Gasteiger partial charge on any atom is 0.317 e. The normalized spacial score (nSPS) is 15.5. The van der Waals surface area contributed by atoms with Crippen LogP contribution in [0.4, 0.5) is 4.79 Å². The summed E-state index contributed by atoms with van der Waals surface area (Å²) in [6.07, 6.45) is 0. The summed E-state index contributed by atoms with van der Waals surface area (Å²) in [7, 11) is 1.61. The van der Waals surface area contributed by atoms with Gasteiger partial charge in [0.05, 0.1) is 12.6 Å². The predicted octanol–water partition coefficient (Wildman–Crippen LogP) is 2.73. The largest absolute Gasteiger partial charge is 0.481 e. The fourth-order valence-electron chi connectivity index (χ4n) is 3.40. The maximum atomic E-state index is 12.5. The van der Waals surface area contributed by atoms with Crippen molar-refractivity contribution in [3.05, 3.63) is 35.9 Å². The minimum absolute atomic E-state index is 0.00550. The molecule has 2 aromatic rings. The van der Waals surface area contributed by atoms with Gasteiger partial charge in [-0.05, 0) is 17.5 Å². The van der Waals surface area contributed by atoms with E-state index >= 15 is 0 Å². The van der Waals surface area contributed by atoms with Gasteiger partial charge in [0, 0.05) is 50.7 Å². The summed E-state index contributed by atoms with van der Waals surface area (Å²) in [6, 6.07) is 9.80. The van der Waals surface area contributed by atoms with Crippen molar-refractivity contribution < 1.29 is 9.53 Å². The highest BCUT2D eigenvalue weighted by molar-refractivity contribution is 5.83. The number of para-hydroxylation sites is 1. The Kier molecular flexibility index (Phi) is 5.93. The number of methoxy groups -OCH3 is 1. The zero-order valence-electron chi connectivity index (χ0n) is 15.9. The van der Waals surface area contributed by atoms with E-state index in [2.05, 4.69) is 29.0 Å². The van der Waals surface area contributed by atoms with Crippen LogP contribution in [0.5, 0.6) is 5.88 Å². The van der Waals surface area contributed by atoms with Crippen molar-refractivity contribution in [3.63, 3.8) is 0 Å². The van der Waals surface area contributed by atoms with Crippen molar-refractivity contribution >= 4 is 16.9 Å². The molecule has 0 unspecified atom stereocenters. The lowest BCUT2D eigenvalue weighted by Crippen LogP contribution is -2.52. The number of hydrogen-bond donors (Lipinski definition) is 1. The number of aromatic nitrogens is 1. The zero-order valence-corrected chi connectivity index (χ0v) is 15.9. The number of rotatable bonds is 5. The van der Waals surface area contributed by atoms with Crippen molar-refractivity contribution in [2.24, 2.45) is 5.92 Å². The molecule has 26 heavy (non-hydrogen) atoms. The third-order valence-corrected chi connectivity index (χ3v) is 4.70. The second-order valence-corrected chi connectivity index (χ2v) is 7.18. The molecule has 2 amide bonds. The number of pyridine rings is 1. The number of fused-ring (bicyclic) bond motifs is 1. The number of benzene rings is 1. The molecule has 0 saturated carbocycles. The molecule has 1 N–H and O–H groups in total. The van der Waals surface area contributed by atoms with E-state index in [1.165, 1.54) is 0 Å². The molecule has 1 aromatic carbocycles. The molecule has 0 radical (unpaired) electrons. The van der Waals surface area contributed by atoms with Gasteiger partial charge < -0.3 is 15.0 Å². The third-order valence-electron chi connectivity index (χ3n) is 4.70. The minimum Gasteiger partial charge on any atom is -0.481 e. The molecule has 6 heteroatoms. The Morgan fingerprint density at radius 3 is 2.65 bits per heavy atom. The fraction of sp³-hybridized carbons (Fsp3) is 0.500. The van der Waals surface area contributed by atoms with E-state index in [1.54, 1.807) is 7.11 Å². The lowest BCUT2D eigenvalue weighted by Gasteiger charge is -2.35. The first-order chi connectivity index (χ1) is 12.6. The molecule has 1 aliphatic rings. The molecule has 1 aliphatic heterocycles. The minimum atomic E-state index is -0.00550. The third kappa shape index (κ3) is 4.43. The highest BCUT2D eigenvalue weighted by atomic mass is 16.5. The maximum absolute atomic E-state index is 12.5. The van der Waals surface area contributed by atoms with E-state index in [-0.39, 0.29) is 6.03 Å². The van der Waals surface area contributed by atoms with E-state index in [0.717, 1.165) is 49.2 Å². The summed E-state index contributed by atoms with van der Waals surface area (Å²) in [4.78, 5) is 21.3. The summed E-state index contributed by atoms with van der Waals surface area (Å²) in [5, 5.41) is 4.09. The monoisotopic (exact) mass is 356 g/mol. The van der Waals surface area contributed by atoms with Crippen LogP contribution in [0, 0.1) is 5.92 Å². The lowest BCUT2D eigenvalue weighted by molar-refractivity contribution is 0.131. The first-order valence-corrected chi connectivity index (χ1v) is 9.24. The second kappa shape index (κ2) is 8.36. The lowest BCUT2D eigenvalue weighted by atomic mass is 10.1. The number of piperazine rings is 1. The van der Waals surface area contributed by atoms with Gasteiger partial charge in [-0.3, -0.25) is 4.90 Å². The topological polar surface area (TPSA) is 57.7 Å². The van der Waals surface area contributed by atoms with Crippen molar-refractivity contribution in [1.82, 2.24) is 20.1 Å². The molecule has 2 heterocycles. The Morgan fingerprint density at radius 2 is 1.96 bits per heavy atom. The molecule has 0 atom stereocenters. The summed E-state index contributed by atoms with van der Waals surface area (Å²) in [5.74, 6) is 1.22. The first kappa shape index (κ1) is 18.5. The number of ether oxygens (including phenoxy) is 1. The number of carbonyl (C=O) groups excluding carboxylic acids is 1. The van der Waals surface area contributed by atoms with E-state index < -0.39 is 0 Å². The van der Waals surface area contributed by atoms with Gasteiger partial charge in [0.2, 0.25) is 5.88 Å². The number of nitrogens with one attached hydrogen (secondary N) is 1. The fourth-order valence-corrected chi connectivity index (χ4v) is 3.40. The van der Waals surface area contributed by atoms with Crippen LogP contribution in [0.15, 0.2) is 30.3 Å². The summed E-state index contributed by atoms with van der Waals surface area (Å²) in [5.41, 5.74) is 1.89. The Hall–Kier alpha value is -2.34. The molecule has 0 spiro atoms. The molecule has 1 aromatic heterocycles. The number of amides is 2. The van der Waals surface area contributed by atoms with Crippen molar-refractivity contribution in [2.75, 3.05) is 39.8 Å². The Morgan fingerprint density at radius 1 is 1.23 bits per heavy atom. The standard InChI is InChI=1S/C20H28N4O2/c1-15(2)14-23-8-10-24(11-9-23)20(25)21-13-16-12-19(26-3)22-18-7-5-4-6-17(16)18/h4-7,12,15H,8-11,13-14H2,1-3H3,(H,21,25). The van der Waals surface area contributed by atoms with Gasteiger partial charge in [0.1, 0.15) is 0 Å². The van der Waals surface area contributed by atoms with Crippen molar-refractivity contribution in [1.29, 1.82) is 0 Å². The van der Waals surface area contributed by atoms with Gasteiger partial charge in [-0.1, -0.05) is 32.0 Å². The van der Waals surface area contributed by atoms with Crippen molar-refractivity contribution in [3.8, 4) is 5.88 Å². The average Bonchev–Trinajstić information content (AvgIpc) is 2.65. The number of carbonyl (C=O) groups is 1. The van der Waals surface area contributed by atoms with Crippen LogP contribution in [-0.2, 0) is 6.54 Å². The van der Waals surface area contributed by atoms with Crippen LogP contribution >= 0.6 is 0 Å². The van der Waals surface area contributed by atoms with Crippen LogP contribution in [0.25, 0.3) is 10.9 Å². The van der Waals surface area contributed by atoms with Crippen LogP contribution in [0.1, 0.15) is 19.4 Å². The molecule has 3 rings (SSSR count). The van der Waals surface area contributed by atoms with Gasteiger partial charge in [-0.15, -0.1) is 0 Å². The van der Waals surface area contributed by atoms with Crippen molar-refractivity contribution in [2.45, 2.75) is 20.4 Å². The van der Waals surface area contributed by atoms with Gasteiger partial charge >= 0.3 is 6.03 Å². The van der Waals surface area contributed by atoms with E-state index in [0.29, 0.717) is 18.3 Å². The van der Waals surface area contributed by atoms with Gasteiger partial charge in [-0.25, -0.2) is 9.78 Å². The quantitative estimate of drug-likeness (QED) is 0.895. The van der Waals surface area contributed by atoms with E-state index in [1.807, 2.05) is 35.2 Å². The first-order valence-electron chi connectivity index (χ1n) is 9.24. The molecule has 1 fully saturated rings. The summed E-state index contributed by atoms with van der Waals surface area (Å²) < 4.78 is 5.29. The van der Waals surface area contributed by atoms with Crippen LogP contribution in [-0.4, -0.2) is 60.6 Å². The predicted molar refractivity (Wildman–Crippen MR) is 103 cm³/mol. The van der Waals surface area contributed by atoms with E-state index in [9.17, 15) is 4.79 Å². The molecule has 140 valence electrons. The molecule has 0 bridgehead atoms. The Bertz CT molecular complexity index is 755. The molecule has 0 aliphatic carbocycles. The Balaban J connectivity index is 1.61. The molecule has 1 saturated heterocycles. The van der Waals surface area contributed by atoms with E-state index in [4.69, 9.17) is 4.74 Å². The average molecular weight is 356 g/mol. The summed E-state index contributed by atoms with van der Waals surface area (Å²) >= 11 is 0. The summed E-state index contributed by atoms with van der Waals surface area (Å²) in [6.45, 7) is 9.45. The number of hydrogen-bond acceptors (Lipinski definition) is 4. The van der Waals surface area contributed by atoms with Gasteiger partial charge in [0.25, 0.3) is 0 Å². The smallest absolute Gasteiger partial charge is 0.317 e. The molecular formula is C20H28N4O2. The van der Waals surface area contributed by atoms with Gasteiger partial charge in [0.15, 0.2) is 0 Å². The highest BCUT2D eigenvalue weighted by Crippen LogP contribution is 2.21. The molecule has 6 nitrogen and oxygen atoms in total. The van der Waals surface area contributed by atoms with Crippen LogP contribution < -0.4 is 10.1 Å². The van der Waals surface area contributed by atoms with Gasteiger partial charge in [-0.2, -0.15) is 0 Å². The second-order valence-electron chi connectivity index (χ2n) is 7.18. The van der Waals surface area contributed by atoms with Crippen LogP contribution in [0.2, 0.25) is 0 Å². The number of urea groups is 1. The zero-order chi connectivity index (χ0) is 18.5. The molecular weight excluding hydrogens is 328 g/mol. The SMILES string of the molecule is COc1cc(CNC(=O)N2CCN(CC(C)C)CC2)c2ccccc2n1. The number of nitrogens with zero attached hydrogens (tertiary/aromatic N) is 3. The van der Waals surface area contributed by atoms with Crippen LogP contribution in [0.3, 0.4) is 0 Å².